The molecule has 1 saturated heterocycles. The van der Waals surface area contributed by atoms with Gasteiger partial charge in [0, 0.05) is 53.9 Å². The smallest absolute Gasteiger partial charge is 0.242 e. The maximum Gasteiger partial charge on any atom is 0.242 e. The predicted molar refractivity (Wildman–Crippen MR) is 123 cm³/mol. The van der Waals surface area contributed by atoms with Gasteiger partial charge in [-0.2, -0.15) is 0 Å². The maximum atomic E-state index is 12.8. The van der Waals surface area contributed by atoms with Crippen molar-refractivity contribution in [3.8, 4) is 11.3 Å². The molecule has 0 aliphatic carbocycles. The minimum absolute atomic E-state index is 0.0710. The van der Waals surface area contributed by atoms with Gasteiger partial charge in [0.05, 0.1) is 27.4 Å². The fourth-order valence-corrected chi connectivity index (χ4v) is 3.86. The quantitative estimate of drug-likeness (QED) is 0.453. The summed E-state index contributed by atoms with van der Waals surface area (Å²) in [6.07, 6.45) is 9.46. The highest BCUT2D eigenvalue weighted by atomic mass is 16.5. The first-order valence-electron chi connectivity index (χ1n) is 10.6. The number of hydrogen-bond donors (Lipinski definition) is 1. The SMILES string of the molecule is C/C=C(OC)\C(=C/c1cn(CC(=O)N2CCOCC2)cc1-c1cc2cccnc2[nH]1)OC. The minimum Gasteiger partial charge on any atom is -0.493 e. The van der Waals surface area contributed by atoms with E-state index in [2.05, 4.69) is 16.0 Å². The van der Waals surface area contributed by atoms with Gasteiger partial charge in [-0.1, -0.05) is 0 Å². The third kappa shape index (κ3) is 4.55. The number of carbonyl (C=O) groups is 1. The summed E-state index contributed by atoms with van der Waals surface area (Å²) in [5.74, 6) is 1.30. The molecule has 168 valence electrons. The molecule has 0 radical (unpaired) electrons. The van der Waals surface area contributed by atoms with Crippen molar-refractivity contribution in [1.29, 1.82) is 0 Å². The molecule has 32 heavy (non-hydrogen) atoms. The molecule has 3 aromatic heterocycles. The molecule has 4 rings (SSSR count). The van der Waals surface area contributed by atoms with E-state index >= 15 is 0 Å². The number of hydrogen-bond acceptors (Lipinski definition) is 5. The van der Waals surface area contributed by atoms with Gasteiger partial charge in [0.25, 0.3) is 0 Å². The number of carbonyl (C=O) groups excluding carboxylic acids is 1. The van der Waals surface area contributed by atoms with E-state index < -0.39 is 0 Å². The van der Waals surface area contributed by atoms with E-state index in [1.54, 1.807) is 20.4 Å². The van der Waals surface area contributed by atoms with Crippen LogP contribution < -0.4 is 0 Å². The Morgan fingerprint density at radius 1 is 1.22 bits per heavy atom. The molecular formula is C24H28N4O4. The number of H-pyrrole nitrogens is 1. The highest BCUT2D eigenvalue weighted by molar-refractivity contribution is 5.86. The standard InChI is InChI=1S/C24H28N4O4/c1-4-21(30-2)22(31-3)13-18-14-27(16-23(29)28-8-10-32-11-9-28)15-19(18)20-12-17-6-5-7-25-24(17)26-20/h4-7,12-15H,8-11,16H2,1-3H3,(H,25,26)/b21-4+,22-13+. The Kier molecular flexibility index (Phi) is 6.61. The molecule has 0 bridgehead atoms. The summed E-state index contributed by atoms with van der Waals surface area (Å²) in [7, 11) is 3.22. The Morgan fingerprint density at radius 2 is 2.00 bits per heavy atom. The van der Waals surface area contributed by atoms with E-state index in [4.69, 9.17) is 14.2 Å². The van der Waals surface area contributed by atoms with E-state index in [9.17, 15) is 4.79 Å². The summed E-state index contributed by atoms with van der Waals surface area (Å²) in [6.45, 7) is 4.56. The largest absolute Gasteiger partial charge is 0.493 e. The molecule has 0 saturated carbocycles. The van der Waals surface area contributed by atoms with Gasteiger partial charge in [-0.05, 0) is 37.3 Å². The lowest BCUT2D eigenvalue weighted by molar-refractivity contribution is -0.135. The number of aromatic amines is 1. The topological polar surface area (TPSA) is 81.6 Å². The molecule has 8 nitrogen and oxygen atoms in total. The van der Waals surface area contributed by atoms with Crippen LogP contribution in [0.4, 0.5) is 0 Å². The number of nitrogens with one attached hydrogen (secondary N) is 1. The molecule has 1 amide bonds. The summed E-state index contributed by atoms with van der Waals surface area (Å²) >= 11 is 0. The van der Waals surface area contributed by atoms with Gasteiger partial charge in [0.1, 0.15) is 12.2 Å². The molecular weight excluding hydrogens is 408 g/mol. The van der Waals surface area contributed by atoms with Crippen molar-refractivity contribution < 1.29 is 19.0 Å². The monoisotopic (exact) mass is 436 g/mol. The second kappa shape index (κ2) is 9.74. The number of morpholine rings is 1. The molecule has 0 unspecified atom stereocenters. The number of methoxy groups -OCH3 is 2. The Labute approximate surface area is 187 Å². The van der Waals surface area contributed by atoms with Crippen LogP contribution in [0.1, 0.15) is 12.5 Å². The molecule has 0 spiro atoms. The van der Waals surface area contributed by atoms with Crippen LogP contribution in [0.15, 0.2) is 54.4 Å². The zero-order chi connectivity index (χ0) is 22.5. The highest BCUT2D eigenvalue weighted by Crippen LogP contribution is 2.30. The van der Waals surface area contributed by atoms with Crippen molar-refractivity contribution in [1.82, 2.24) is 19.4 Å². The van der Waals surface area contributed by atoms with Crippen molar-refractivity contribution in [3.05, 3.63) is 59.9 Å². The Morgan fingerprint density at radius 3 is 2.69 bits per heavy atom. The van der Waals surface area contributed by atoms with E-state index in [-0.39, 0.29) is 12.5 Å². The van der Waals surface area contributed by atoms with Crippen LogP contribution in [0, 0.1) is 0 Å². The second-order valence-electron chi connectivity index (χ2n) is 7.49. The molecule has 0 aromatic carbocycles. The number of fused-ring (bicyclic) bond motifs is 1. The van der Waals surface area contributed by atoms with E-state index in [0.29, 0.717) is 37.8 Å². The first-order valence-corrected chi connectivity index (χ1v) is 10.6. The van der Waals surface area contributed by atoms with Gasteiger partial charge < -0.3 is 28.7 Å². The van der Waals surface area contributed by atoms with E-state index in [1.165, 1.54) is 0 Å². The number of amides is 1. The van der Waals surface area contributed by atoms with Crippen molar-refractivity contribution in [2.24, 2.45) is 0 Å². The number of pyridine rings is 1. The Hall–Kier alpha value is -3.52. The highest BCUT2D eigenvalue weighted by Gasteiger charge is 2.19. The molecule has 0 atom stereocenters. The normalized spacial score (nSPS) is 15.3. The van der Waals surface area contributed by atoms with E-state index in [1.807, 2.05) is 53.1 Å². The fourth-order valence-electron chi connectivity index (χ4n) is 3.86. The van der Waals surface area contributed by atoms with Crippen LogP contribution in [0.2, 0.25) is 0 Å². The summed E-state index contributed by atoms with van der Waals surface area (Å²) in [4.78, 5) is 22.4. The number of allylic oxidation sites excluding steroid dienone is 1. The van der Waals surface area contributed by atoms with Crippen LogP contribution in [-0.2, 0) is 25.5 Å². The van der Waals surface area contributed by atoms with Crippen LogP contribution in [0.25, 0.3) is 28.4 Å². The van der Waals surface area contributed by atoms with Crippen molar-refractivity contribution in [2.45, 2.75) is 13.5 Å². The average Bonchev–Trinajstić information content (AvgIpc) is 3.43. The molecule has 1 aliphatic heterocycles. The molecule has 8 heteroatoms. The van der Waals surface area contributed by atoms with Crippen molar-refractivity contribution in [3.63, 3.8) is 0 Å². The summed E-state index contributed by atoms with van der Waals surface area (Å²) in [5.41, 5.74) is 3.57. The van der Waals surface area contributed by atoms with Crippen LogP contribution in [0.5, 0.6) is 0 Å². The molecule has 1 fully saturated rings. The van der Waals surface area contributed by atoms with Crippen molar-refractivity contribution >= 4 is 23.0 Å². The first-order chi connectivity index (χ1) is 15.6. The lowest BCUT2D eigenvalue weighted by Gasteiger charge is -2.26. The predicted octanol–water partition coefficient (Wildman–Crippen LogP) is 3.43. The lowest BCUT2D eigenvalue weighted by Crippen LogP contribution is -2.42. The van der Waals surface area contributed by atoms with E-state index in [0.717, 1.165) is 27.9 Å². The summed E-state index contributed by atoms with van der Waals surface area (Å²) in [6, 6.07) is 5.98. The number of ether oxygens (including phenoxy) is 3. The van der Waals surface area contributed by atoms with Gasteiger partial charge in [0.2, 0.25) is 5.91 Å². The second-order valence-corrected chi connectivity index (χ2v) is 7.49. The molecule has 4 heterocycles. The summed E-state index contributed by atoms with van der Waals surface area (Å²) in [5, 5.41) is 1.02. The third-order valence-electron chi connectivity index (χ3n) is 5.51. The van der Waals surface area contributed by atoms with Gasteiger partial charge in [-0.25, -0.2) is 4.98 Å². The minimum atomic E-state index is 0.0710. The van der Waals surface area contributed by atoms with Gasteiger partial charge in [-0.15, -0.1) is 0 Å². The third-order valence-corrected chi connectivity index (χ3v) is 5.51. The van der Waals surface area contributed by atoms with Gasteiger partial charge >= 0.3 is 0 Å². The molecule has 1 N–H and O–H groups in total. The van der Waals surface area contributed by atoms with Crippen LogP contribution in [0.3, 0.4) is 0 Å². The maximum absolute atomic E-state index is 12.8. The van der Waals surface area contributed by atoms with Crippen LogP contribution in [-0.4, -0.2) is 65.9 Å². The molecule has 3 aromatic rings. The van der Waals surface area contributed by atoms with Gasteiger partial charge in [-0.3, -0.25) is 4.79 Å². The Bertz CT molecular complexity index is 1120. The fraction of sp³-hybridized carbons (Fsp3) is 0.333. The van der Waals surface area contributed by atoms with Crippen molar-refractivity contribution in [2.75, 3.05) is 40.5 Å². The number of aromatic nitrogens is 3. The Balaban J connectivity index is 1.73. The number of nitrogens with zero attached hydrogens (tertiary/aromatic N) is 3. The average molecular weight is 437 g/mol. The lowest BCUT2D eigenvalue weighted by atomic mass is 10.1. The zero-order valence-electron chi connectivity index (χ0n) is 18.6. The molecule has 1 aliphatic rings. The van der Waals surface area contributed by atoms with Crippen LogP contribution >= 0.6 is 0 Å². The summed E-state index contributed by atoms with van der Waals surface area (Å²) < 4.78 is 18.3. The first kappa shape index (κ1) is 21.7. The number of rotatable bonds is 7. The van der Waals surface area contributed by atoms with Gasteiger partial charge in [0.15, 0.2) is 11.5 Å². The zero-order valence-corrected chi connectivity index (χ0v) is 18.6.